The van der Waals surface area contributed by atoms with Crippen LogP contribution in [0.4, 0.5) is 15.2 Å². The first-order valence-corrected chi connectivity index (χ1v) is 6.49. The second-order valence-corrected chi connectivity index (χ2v) is 5.08. The fourth-order valence-electron chi connectivity index (χ4n) is 1.17. The second-order valence-electron chi connectivity index (χ2n) is 3.25. The number of rotatable bonds is 3. The predicted molar refractivity (Wildman–Crippen MR) is 71.5 cm³/mol. The van der Waals surface area contributed by atoms with Crippen LogP contribution in [0.2, 0.25) is 0 Å². The molecule has 0 radical (unpaired) electrons. The van der Waals surface area contributed by atoms with Gasteiger partial charge in [-0.3, -0.25) is 4.79 Å². The van der Waals surface area contributed by atoms with Gasteiger partial charge in [-0.1, -0.05) is 11.3 Å². The number of benzene rings is 1. The standard InChI is InChI=1S/C10H8BrFN4OS/c1-13-10-16-15-9(18-10)8(17)14-5-2-3-6(11)7(12)4-5/h2-4H,1H3,(H,13,16)(H,14,17). The summed E-state index contributed by atoms with van der Waals surface area (Å²) in [5.74, 6) is -0.864. The maximum atomic E-state index is 13.3. The van der Waals surface area contributed by atoms with Crippen LogP contribution in [-0.4, -0.2) is 23.2 Å². The number of anilines is 2. The second kappa shape index (κ2) is 5.40. The molecule has 0 bridgehead atoms. The molecule has 18 heavy (non-hydrogen) atoms. The van der Waals surface area contributed by atoms with E-state index in [4.69, 9.17) is 0 Å². The Bertz CT molecular complexity index is 589. The average Bonchev–Trinajstić information content (AvgIpc) is 2.82. The number of halogens is 2. The monoisotopic (exact) mass is 330 g/mol. The summed E-state index contributed by atoms with van der Waals surface area (Å²) in [6, 6.07) is 4.33. The molecule has 0 fully saturated rings. The van der Waals surface area contributed by atoms with Crippen molar-refractivity contribution in [2.45, 2.75) is 0 Å². The van der Waals surface area contributed by atoms with Gasteiger partial charge in [-0.25, -0.2) is 4.39 Å². The van der Waals surface area contributed by atoms with Crippen LogP contribution in [0.3, 0.4) is 0 Å². The van der Waals surface area contributed by atoms with E-state index in [1.54, 1.807) is 13.1 Å². The Labute approximate surface area is 115 Å². The number of hydrogen-bond donors (Lipinski definition) is 2. The maximum Gasteiger partial charge on any atom is 0.286 e. The molecule has 1 amide bonds. The first kappa shape index (κ1) is 12.9. The van der Waals surface area contributed by atoms with Crippen LogP contribution in [0, 0.1) is 5.82 Å². The molecular formula is C10H8BrFN4OS. The fourth-order valence-corrected chi connectivity index (χ4v) is 2.01. The molecule has 2 aromatic rings. The van der Waals surface area contributed by atoms with Crippen LogP contribution < -0.4 is 10.6 Å². The van der Waals surface area contributed by atoms with E-state index in [-0.39, 0.29) is 5.01 Å². The lowest BCUT2D eigenvalue weighted by Gasteiger charge is -2.03. The molecule has 0 saturated heterocycles. The molecule has 0 aliphatic heterocycles. The summed E-state index contributed by atoms with van der Waals surface area (Å²) in [6.45, 7) is 0. The summed E-state index contributed by atoms with van der Waals surface area (Å²) in [5.41, 5.74) is 0.363. The SMILES string of the molecule is CNc1nnc(C(=O)Nc2ccc(Br)c(F)c2)s1. The third kappa shape index (κ3) is 2.82. The molecule has 94 valence electrons. The van der Waals surface area contributed by atoms with Crippen LogP contribution in [0.5, 0.6) is 0 Å². The number of nitrogens with zero attached hydrogens (tertiary/aromatic N) is 2. The summed E-state index contributed by atoms with van der Waals surface area (Å²) >= 11 is 4.16. The zero-order valence-corrected chi connectivity index (χ0v) is 11.6. The zero-order valence-electron chi connectivity index (χ0n) is 9.20. The summed E-state index contributed by atoms with van der Waals surface area (Å²) in [6.07, 6.45) is 0. The van der Waals surface area contributed by atoms with Crippen LogP contribution >= 0.6 is 27.3 Å². The van der Waals surface area contributed by atoms with E-state index in [0.717, 1.165) is 11.3 Å². The molecule has 0 unspecified atom stereocenters. The Morgan fingerprint density at radius 1 is 1.44 bits per heavy atom. The van der Waals surface area contributed by atoms with Gasteiger partial charge in [-0.2, -0.15) is 0 Å². The highest BCUT2D eigenvalue weighted by molar-refractivity contribution is 9.10. The third-order valence-corrected chi connectivity index (χ3v) is 3.59. The first-order valence-electron chi connectivity index (χ1n) is 4.88. The van der Waals surface area contributed by atoms with Crippen LogP contribution in [0.1, 0.15) is 9.80 Å². The van der Waals surface area contributed by atoms with Crippen molar-refractivity contribution in [3.05, 3.63) is 33.5 Å². The molecule has 2 N–H and O–H groups in total. The molecule has 5 nitrogen and oxygen atoms in total. The summed E-state index contributed by atoms with van der Waals surface area (Å²) in [5, 5.41) is 13.5. The van der Waals surface area contributed by atoms with Gasteiger partial charge >= 0.3 is 0 Å². The molecule has 0 atom stereocenters. The smallest absolute Gasteiger partial charge is 0.286 e. The Hall–Kier alpha value is -1.54. The lowest BCUT2D eigenvalue weighted by Crippen LogP contribution is -2.11. The van der Waals surface area contributed by atoms with E-state index in [2.05, 4.69) is 36.8 Å². The minimum atomic E-state index is -0.444. The van der Waals surface area contributed by atoms with E-state index in [1.807, 2.05) is 0 Å². The Kier molecular flexibility index (Phi) is 3.87. The average molecular weight is 331 g/mol. The molecule has 1 aromatic heterocycles. The highest BCUT2D eigenvalue weighted by atomic mass is 79.9. The fraction of sp³-hybridized carbons (Fsp3) is 0.100. The lowest BCUT2D eigenvalue weighted by atomic mass is 10.3. The van der Waals surface area contributed by atoms with Crippen molar-refractivity contribution < 1.29 is 9.18 Å². The number of aromatic nitrogens is 2. The van der Waals surface area contributed by atoms with Gasteiger partial charge in [0.15, 0.2) is 0 Å². The molecule has 0 saturated carbocycles. The van der Waals surface area contributed by atoms with Gasteiger partial charge in [0, 0.05) is 12.7 Å². The zero-order chi connectivity index (χ0) is 13.1. The van der Waals surface area contributed by atoms with Gasteiger partial charge in [0.05, 0.1) is 4.47 Å². The molecule has 0 spiro atoms. The van der Waals surface area contributed by atoms with E-state index in [9.17, 15) is 9.18 Å². The van der Waals surface area contributed by atoms with Gasteiger partial charge in [0.2, 0.25) is 10.1 Å². The van der Waals surface area contributed by atoms with Crippen LogP contribution in [0.25, 0.3) is 0 Å². The van der Waals surface area contributed by atoms with Crippen LogP contribution in [0.15, 0.2) is 22.7 Å². The van der Waals surface area contributed by atoms with Gasteiger partial charge in [-0.15, -0.1) is 10.2 Å². The molecule has 0 aliphatic carbocycles. The molecule has 0 aliphatic rings. The third-order valence-electron chi connectivity index (χ3n) is 2.01. The van der Waals surface area contributed by atoms with Crippen LogP contribution in [-0.2, 0) is 0 Å². The first-order chi connectivity index (χ1) is 8.60. The number of hydrogen-bond acceptors (Lipinski definition) is 5. The van der Waals surface area contributed by atoms with E-state index in [1.165, 1.54) is 12.1 Å². The summed E-state index contributed by atoms with van der Waals surface area (Å²) < 4.78 is 13.6. The van der Waals surface area contributed by atoms with Gasteiger partial charge in [0.25, 0.3) is 5.91 Å². The summed E-state index contributed by atoms with van der Waals surface area (Å²) in [4.78, 5) is 11.8. The largest absolute Gasteiger partial charge is 0.363 e. The molecule has 8 heteroatoms. The van der Waals surface area contributed by atoms with E-state index < -0.39 is 11.7 Å². The van der Waals surface area contributed by atoms with E-state index >= 15 is 0 Å². The molecule has 2 rings (SSSR count). The quantitative estimate of drug-likeness (QED) is 0.908. The highest BCUT2D eigenvalue weighted by Gasteiger charge is 2.13. The Morgan fingerprint density at radius 3 is 2.83 bits per heavy atom. The Morgan fingerprint density at radius 2 is 2.22 bits per heavy atom. The summed E-state index contributed by atoms with van der Waals surface area (Å²) in [7, 11) is 1.69. The lowest BCUT2D eigenvalue weighted by molar-refractivity contribution is 0.102. The number of carbonyl (C=O) groups is 1. The predicted octanol–water partition coefficient (Wildman–Crippen LogP) is 2.73. The van der Waals surface area contributed by atoms with Crippen molar-refractivity contribution in [2.75, 3.05) is 17.7 Å². The minimum absolute atomic E-state index is 0.211. The molecule has 1 heterocycles. The van der Waals surface area contributed by atoms with Crippen molar-refractivity contribution in [3.63, 3.8) is 0 Å². The van der Waals surface area contributed by atoms with Crippen molar-refractivity contribution in [1.29, 1.82) is 0 Å². The van der Waals surface area contributed by atoms with Gasteiger partial charge in [0.1, 0.15) is 5.82 Å². The van der Waals surface area contributed by atoms with Crippen molar-refractivity contribution in [2.24, 2.45) is 0 Å². The van der Waals surface area contributed by atoms with Crippen molar-refractivity contribution in [1.82, 2.24) is 10.2 Å². The van der Waals surface area contributed by atoms with Crippen molar-refractivity contribution >= 4 is 44.0 Å². The molecular weight excluding hydrogens is 323 g/mol. The minimum Gasteiger partial charge on any atom is -0.363 e. The topological polar surface area (TPSA) is 66.9 Å². The highest BCUT2D eigenvalue weighted by Crippen LogP contribution is 2.21. The number of carbonyl (C=O) groups excluding carboxylic acids is 1. The van der Waals surface area contributed by atoms with Gasteiger partial charge < -0.3 is 10.6 Å². The van der Waals surface area contributed by atoms with E-state index in [0.29, 0.717) is 15.3 Å². The van der Waals surface area contributed by atoms with Crippen molar-refractivity contribution in [3.8, 4) is 0 Å². The number of nitrogens with one attached hydrogen (secondary N) is 2. The maximum absolute atomic E-state index is 13.3. The Balaban J connectivity index is 2.13. The van der Waals surface area contributed by atoms with Gasteiger partial charge in [-0.05, 0) is 34.1 Å². The number of amides is 1. The normalized spacial score (nSPS) is 10.2. The molecule has 1 aromatic carbocycles.